The average molecular weight is 358 g/mol. The molecule has 0 amide bonds. The first-order valence-corrected chi connectivity index (χ1v) is 9.83. The lowest BCUT2D eigenvalue weighted by Crippen LogP contribution is -3.16. The van der Waals surface area contributed by atoms with Gasteiger partial charge < -0.3 is 10.0 Å². The van der Waals surface area contributed by atoms with Gasteiger partial charge in [0, 0.05) is 5.56 Å². The molecule has 6 heteroatoms. The van der Waals surface area contributed by atoms with Crippen molar-refractivity contribution >= 4 is 16.3 Å². The number of hydrogen-bond acceptors (Lipinski definition) is 4. The molecule has 0 bridgehead atoms. The molecular formula is C19H25N4OS+. The summed E-state index contributed by atoms with van der Waals surface area (Å²) in [6.07, 6.45) is 3.77. The number of rotatable bonds is 3. The van der Waals surface area contributed by atoms with Crippen molar-refractivity contribution in [2.75, 3.05) is 6.54 Å². The Kier molecular flexibility index (Phi) is 4.25. The minimum absolute atomic E-state index is 0.129. The Labute approximate surface area is 151 Å². The molecule has 2 aromatic heterocycles. The number of thiazole rings is 1. The van der Waals surface area contributed by atoms with E-state index in [0.717, 1.165) is 16.4 Å². The average Bonchev–Trinajstić information content (AvgIpc) is 3.08. The van der Waals surface area contributed by atoms with Crippen molar-refractivity contribution in [3.05, 3.63) is 46.1 Å². The van der Waals surface area contributed by atoms with E-state index in [-0.39, 0.29) is 11.9 Å². The molecule has 0 saturated carbocycles. The molecule has 3 aromatic rings. The minimum atomic E-state index is 0.129. The Hall–Kier alpha value is -1.92. The van der Waals surface area contributed by atoms with Crippen molar-refractivity contribution in [3.63, 3.8) is 0 Å². The maximum absolute atomic E-state index is 10.9. The number of piperidine rings is 1. The van der Waals surface area contributed by atoms with E-state index in [2.05, 4.69) is 48.2 Å². The fourth-order valence-electron chi connectivity index (χ4n) is 4.06. The third-order valence-corrected chi connectivity index (χ3v) is 6.38. The number of aromatic nitrogens is 3. The molecule has 5 nitrogen and oxygen atoms in total. The Balaban J connectivity index is 1.86. The molecule has 132 valence electrons. The van der Waals surface area contributed by atoms with Crippen LogP contribution in [0.25, 0.3) is 4.96 Å². The summed E-state index contributed by atoms with van der Waals surface area (Å²) in [7, 11) is 0. The molecule has 0 spiro atoms. The van der Waals surface area contributed by atoms with E-state index in [1.807, 2.05) is 6.92 Å². The number of quaternary nitrogens is 1. The van der Waals surface area contributed by atoms with Gasteiger partial charge in [0.25, 0.3) is 0 Å². The molecule has 0 radical (unpaired) electrons. The first-order valence-electron chi connectivity index (χ1n) is 9.02. The van der Waals surface area contributed by atoms with Crippen molar-refractivity contribution in [2.45, 2.75) is 52.1 Å². The molecule has 25 heavy (non-hydrogen) atoms. The molecule has 0 aliphatic carbocycles. The van der Waals surface area contributed by atoms with Crippen LogP contribution in [0.1, 0.15) is 54.1 Å². The van der Waals surface area contributed by atoms with E-state index in [4.69, 9.17) is 0 Å². The van der Waals surface area contributed by atoms with Crippen LogP contribution in [0.5, 0.6) is 5.88 Å². The minimum Gasteiger partial charge on any atom is -0.492 e. The summed E-state index contributed by atoms with van der Waals surface area (Å²) in [5.74, 6) is 0.941. The van der Waals surface area contributed by atoms with Gasteiger partial charge in [-0.3, -0.25) is 0 Å². The highest BCUT2D eigenvalue weighted by atomic mass is 32.1. The van der Waals surface area contributed by atoms with E-state index >= 15 is 0 Å². The summed E-state index contributed by atoms with van der Waals surface area (Å²) >= 11 is 1.57. The van der Waals surface area contributed by atoms with Crippen LogP contribution in [-0.4, -0.2) is 32.3 Å². The molecule has 1 unspecified atom stereocenters. The van der Waals surface area contributed by atoms with E-state index in [1.165, 1.54) is 35.3 Å². The third-order valence-electron chi connectivity index (χ3n) is 5.30. The van der Waals surface area contributed by atoms with E-state index in [1.54, 1.807) is 15.9 Å². The monoisotopic (exact) mass is 357 g/mol. The fraction of sp³-hybridized carbons (Fsp3) is 0.474. The second-order valence-corrected chi connectivity index (χ2v) is 8.22. The van der Waals surface area contributed by atoms with Crippen molar-refractivity contribution < 1.29 is 10.0 Å². The highest BCUT2D eigenvalue weighted by Gasteiger charge is 2.36. The topological polar surface area (TPSA) is 54.9 Å². The maximum Gasteiger partial charge on any atom is 0.235 e. The van der Waals surface area contributed by atoms with Crippen molar-refractivity contribution in [2.24, 2.45) is 0 Å². The number of hydrogen-bond donors (Lipinski definition) is 2. The molecular weight excluding hydrogens is 332 g/mol. The summed E-state index contributed by atoms with van der Waals surface area (Å²) in [6, 6.07) is 9.38. The molecule has 1 aliphatic rings. The number of benzene rings is 1. The maximum atomic E-state index is 10.9. The summed E-state index contributed by atoms with van der Waals surface area (Å²) in [4.78, 5) is 7.74. The molecule has 1 saturated heterocycles. The van der Waals surface area contributed by atoms with Gasteiger partial charge in [-0.1, -0.05) is 35.1 Å². The third kappa shape index (κ3) is 2.93. The molecule has 2 N–H and O–H groups in total. The van der Waals surface area contributed by atoms with Crippen LogP contribution in [0.2, 0.25) is 0 Å². The van der Waals surface area contributed by atoms with Crippen molar-refractivity contribution in [3.8, 4) is 5.88 Å². The number of nitrogens with one attached hydrogen (secondary N) is 1. The van der Waals surface area contributed by atoms with Crippen LogP contribution in [0, 0.1) is 13.8 Å². The number of aromatic hydroxyl groups is 1. The number of nitrogens with zero attached hydrogens (tertiary/aromatic N) is 3. The normalized spacial score (nSPS) is 22.4. The van der Waals surface area contributed by atoms with Crippen LogP contribution in [0.4, 0.5) is 0 Å². The van der Waals surface area contributed by atoms with Gasteiger partial charge in [0.05, 0.1) is 12.6 Å². The van der Waals surface area contributed by atoms with E-state index < -0.39 is 0 Å². The van der Waals surface area contributed by atoms with Gasteiger partial charge in [-0.05, 0) is 46.1 Å². The number of likely N-dealkylation sites (tertiary alicyclic amines) is 1. The van der Waals surface area contributed by atoms with Gasteiger partial charge in [0.2, 0.25) is 10.8 Å². The zero-order valence-electron chi connectivity index (χ0n) is 15.0. The van der Waals surface area contributed by atoms with Crippen LogP contribution in [-0.2, 0) is 0 Å². The summed E-state index contributed by atoms with van der Waals surface area (Å²) in [5.41, 5.74) is 2.52. The predicted octanol–water partition coefficient (Wildman–Crippen LogP) is 2.66. The van der Waals surface area contributed by atoms with E-state index in [9.17, 15) is 5.11 Å². The van der Waals surface area contributed by atoms with Gasteiger partial charge in [0.15, 0.2) is 6.04 Å². The second-order valence-electron chi connectivity index (χ2n) is 7.21. The quantitative estimate of drug-likeness (QED) is 0.758. The molecule has 3 atom stereocenters. The first kappa shape index (κ1) is 16.5. The van der Waals surface area contributed by atoms with Gasteiger partial charge in [-0.15, -0.1) is 5.10 Å². The molecule has 4 rings (SSSR count). The fourth-order valence-corrected chi connectivity index (χ4v) is 5.23. The van der Waals surface area contributed by atoms with Crippen molar-refractivity contribution in [1.82, 2.24) is 14.6 Å². The predicted molar refractivity (Wildman–Crippen MR) is 99.4 cm³/mol. The summed E-state index contributed by atoms with van der Waals surface area (Å²) < 4.78 is 1.59. The summed E-state index contributed by atoms with van der Waals surface area (Å²) in [6.45, 7) is 7.44. The molecule has 1 aliphatic heterocycles. The van der Waals surface area contributed by atoms with Gasteiger partial charge in [-0.2, -0.15) is 4.52 Å². The zero-order valence-corrected chi connectivity index (χ0v) is 15.8. The lowest BCUT2D eigenvalue weighted by atomic mass is 9.95. The Morgan fingerprint density at radius 1 is 1.32 bits per heavy atom. The highest BCUT2D eigenvalue weighted by Crippen LogP contribution is 2.35. The summed E-state index contributed by atoms with van der Waals surface area (Å²) in [5, 5.41) is 15.2. The van der Waals surface area contributed by atoms with Gasteiger partial charge in [0.1, 0.15) is 10.7 Å². The van der Waals surface area contributed by atoms with Crippen LogP contribution in [0.15, 0.2) is 24.3 Å². The largest absolute Gasteiger partial charge is 0.492 e. The smallest absolute Gasteiger partial charge is 0.235 e. The van der Waals surface area contributed by atoms with Gasteiger partial charge >= 0.3 is 0 Å². The van der Waals surface area contributed by atoms with Crippen LogP contribution in [0.3, 0.4) is 0 Å². The van der Waals surface area contributed by atoms with Gasteiger partial charge in [-0.25, -0.2) is 4.98 Å². The molecule has 3 heterocycles. The number of aryl methyl sites for hydroxylation is 2. The highest BCUT2D eigenvalue weighted by molar-refractivity contribution is 7.17. The lowest BCUT2D eigenvalue weighted by Gasteiger charge is -2.36. The standard InChI is InChI=1S/C19H24N4OS/c1-12-7-6-9-15(11-12)16(22-10-5-4-8-13(22)2)17-18(24)23-19(25-17)20-14(3)21-23/h6-7,9,11,13,16,24H,4-5,8,10H2,1-3H3/p+1/t13-,16-/m0/s1. The SMILES string of the molecule is Cc1cccc([C@@H](c2sc3nc(C)nn3c2O)[NH+]2CCCC[C@@H]2C)c1. The Morgan fingerprint density at radius 2 is 2.16 bits per heavy atom. The lowest BCUT2D eigenvalue weighted by molar-refractivity contribution is -0.952. The van der Waals surface area contributed by atoms with Crippen LogP contribution < -0.4 is 4.90 Å². The zero-order chi connectivity index (χ0) is 17.6. The first-order chi connectivity index (χ1) is 12.0. The second kappa shape index (κ2) is 6.42. The molecule has 1 aromatic carbocycles. The Bertz CT molecular complexity index is 900. The van der Waals surface area contributed by atoms with Crippen LogP contribution >= 0.6 is 11.3 Å². The Morgan fingerprint density at radius 3 is 2.88 bits per heavy atom. The van der Waals surface area contributed by atoms with Crippen molar-refractivity contribution in [1.29, 1.82) is 0 Å². The number of fused-ring (bicyclic) bond motifs is 1. The van der Waals surface area contributed by atoms with E-state index in [0.29, 0.717) is 11.9 Å². The molecule has 1 fully saturated rings.